The molecule has 0 spiro atoms. The van der Waals surface area contributed by atoms with Crippen LogP contribution < -0.4 is 0 Å². The Morgan fingerprint density at radius 3 is 0.988 bits per heavy atom. The Labute approximate surface area is 519 Å². The summed E-state index contributed by atoms with van der Waals surface area (Å²) < 4.78 is 2.57. The van der Waals surface area contributed by atoms with E-state index >= 15 is 0 Å². The minimum absolute atomic E-state index is 0. The zero-order valence-electron chi connectivity index (χ0n) is 54.6. The van der Waals surface area contributed by atoms with Crippen molar-refractivity contribution in [3.8, 4) is 11.5 Å². The van der Waals surface area contributed by atoms with E-state index in [2.05, 4.69) is 121 Å². The van der Waals surface area contributed by atoms with E-state index in [1.54, 1.807) is 0 Å². The maximum Gasteiger partial charge on any atom is 0.503 e. The van der Waals surface area contributed by atoms with Gasteiger partial charge in [0.25, 0.3) is 0 Å². The fourth-order valence-electron chi connectivity index (χ4n) is 12.8. The Hall–Kier alpha value is -2.92. The van der Waals surface area contributed by atoms with Crippen molar-refractivity contribution in [2.45, 2.75) is 313 Å². The Morgan fingerprint density at radius 1 is 0.500 bits per heavy atom. The van der Waals surface area contributed by atoms with Crippen molar-refractivity contribution >= 4 is 18.6 Å². The van der Waals surface area contributed by atoms with E-state index < -0.39 is 6.16 Å². The first-order chi connectivity index (χ1) is 37.2. The topological polar surface area (TPSA) is 123 Å². The molecule has 9 nitrogen and oxygen atoms in total. The molecule has 2 unspecified atom stereocenters. The molecule has 1 aliphatic rings. The molecule has 82 heavy (non-hydrogen) atoms. The molecular weight excluding hydrogens is 1060 g/mol. The summed E-state index contributed by atoms with van der Waals surface area (Å²) in [6.07, 6.45) is 33.8. The molecule has 0 amide bonds. The van der Waals surface area contributed by atoms with Gasteiger partial charge in [-0.25, -0.2) is 4.79 Å². The first-order valence-electron chi connectivity index (χ1n) is 32.7. The number of nitrogens with zero attached hydrogens (tertiary/aromatic N) is 4. The van der Waals surface area contributed by atoms with Crippen LogP contribution in [0.2, 0.25) is 0 Å². The van der Waals surface area contributed by atoms with Crippen molar-refractivity contribution in [3.05, 3.63) is 65.1 Å². The summed E-state index contributed by atoms with van der Waals surface area (Å²) in [6, 6.07) is 9.37. The van der Waals surface area contributed by atoms with Gasteiger partial charge in [0.1, 0.15) is 11.5 Å². The molecule has 0 aliphatic heterocycles. The minimum Gasteiger partial charge on any atom is -0.507 e. The summed E-state index contributed by atoms with van der Waals surface area (Å²) >= 11 is 0. The van der Waals surface area contributed by atoms with Crippen molar-refractivity contribution in [2.24, 2.45) is 9.98 Å². The molecule has 0 saturated heterocycles. The van der Waals surface area contributed by atoms with Crippen LogP contribution in [0.1, 0.15) is 324 Å². The molecule has 1 fully saturated rings. The van der Waals surface area contributed by atoms with E-state index in [9.17, 15) is 10.2 Å². The van der Waals surface area contributed by atoms with E-state index in [1.165, 1.54) is 188 Å². The molecule has 0 aromatic heterocycles. The SMILES string of the molecule is C.C.CCCCC(C)(CCCC)c1cc(C=NC2CCCCC2N=Cc2cc(C(C)(CCC[N+](CCCC)(CCCC)CCCC)CCC[N+](CCCC)(CCCC)CCCC)cc(C(C)C)c2O)c(O)c(C(C)C)c1.O=C(O)O.[CH3-].[Co]. The van der Waals surface area contributed by atoms with Gasteiger partial charge in [0.2, 0.25) is 0 Å². The third-order valence-corrected chi connectivity index (χ3v) is 18.3. The van der Waals surface area contributed by atoms with Gasteiger partial charge in [-0.3, -0.25) is 9.98 Å². The van der Waals surface area contributed by atoms with E-state index in [0.29, 0.717) is 11.5 Å². The zero-order valence-corrected chi connectivity index (χ0v) is 55.7. The van der Waals surface area contributed by atoms with E-state index in [0.717, 1.165) is 73.6 Å². The van der Waals surface area contributed by atoms with Crippen LogP contribution in [-0.4, -0.2) is 112 Å². The molecule has 1 saturated carbocycles. The van der Waals surface area contributed by atoms with Crippen molar-refractivity contribution in [1.29, 1.82) is 0 Å². The zero-order chi connectivity index (χ0) is 58.2. The molecule has 4 N–H and O–H groups in total. The number of benzene rings is 2. The number of aromatic hydroxyl groups is 2. The number of rotatable bonds is 40. The Bertz CT molecular complexity index is 1920. The number of carbonyl (C=O) groups is 1. The fraction of sp³-hybridized carbons (Fsp3) is 0.778. The standard InChI is InChI=1S/C68H120N4O2.CH2O3.2CH4.CH3.Co/c1-15-23-37-67(13,38-24-16-2)59-49-57(65(73)61(51-59)55(9)10)53-69-63-35-31-32-36-64(63)70-54-58-50-60(52-62(56(11)12)66(58)74)68(14,39-33-47-71(41-25-17-3,42-26-18-4)43-27-19-5)40-34-48-72(44-28-20-6,45-29-21-7)46-30-22-8;2-1(3)4;;;;/h49-56,63-64H,15-48H2,1-14H3;(H2,2,3,4);2*1H4;1H3;/q;;;;-1;/p+2. The van der Waals surface area contributed by atoms with Gasteiger partial charge < -0.3 is 36.8 Å². The van der Waals surface area contributed by atoms with Crippen molar-refractivity contribution < 1.29 is 51.0 Å². The number of aliphatic imine (C=N–C) groups is 2. The quantitative estimate of drug-likeness (QED) is 0.0301. The third kappa shape index (κ3) is 28.1. The maximum atomic E-state index is 12.2. The first kappa shape index (κ1) is 83.3. The van der Waals surface area contributed by atoms with Crippen LogP contribution in [-0.2, 0) is 27.6 Å². The molecule has 1 radical (unpaired) electrons. The minimum atomic E-state index is -1.83. The molecule has 0 bridgehead atoms. The fourth-order valence-corrected chi connectivity index (χ4v) is 12.8. The van der Waals surface area contributed by atoms with Gasteiger partial charge >= 0.3 is 6.16 Å². The second-order valence-corrected chi connectivity index (χ2v) is 25.7. The van der Waals surface area contributed by atoms with Crippen LogP contribution >= 0.6 is 0 Å². The van der Waals surface area contributed by atoms with Gasteiger partial charge in [0.05, 0.1) is 64.4 Å². The van der Waals surface area contributed by atoms with Crippen LogP contribution in [0.4, 0.5) is 4.79 Å². The van der Waals surface area contributed by atoms with Gasteiger partial charge in [0, 0.05) is 40.3 Å². The van der Waals surface area contributed by atoms with Crippen LogP contribution in [0.3, 0.4) is 0 Å². The maximum absolute atomic E-state index is 12.2. The summed E-state index contributed by atoms with van der Waals surface area (Å²) in [4.78, 5) is 19.3. The number of phenolic OH excluding ortho intramolecular Hbond substituents is 2. The van der Waals surface area contributed by atoms with Gasteiger partial charge in [-0.15, -0.1) is 0 Å². The summed E-state index contributed by atoms with van der Waals surface area (Å²) in [5.41, 5.74) is 6.56. The molecule has 2 aromatic rings. The molecule has 1 aliphatic carbocycles. The van der Waals surface area contributed by atoms with Crippen LogP contribution in [0, 0.1) is 7.43 Å². The largest absolute Gasteiger partial charge is 0.507 e. The molecule has 2 aromatic carbocycles. The number of quaternary nitrogens is 2. The van der Waals surface area contributed by atoms with E-state index in [1.807, 2.05) is 12.4 Å². The number of hydrogen-bond acceptors (Lipinski definition) is 5. The van der Waals surface area contributed by atoms with Gasteiger partial charge in [-0.2, -0.15) is 0 Å². The van der Waals surface area contributed by atoms with E-state index in [-0.39, 0.29) is 73.8 Å². The Balaban J connectivity index is -0.00000754. The molecule has 0 heterocycles. The average molecular weight is 1200 g/mol. The predicted molar refractivity (Wildman–Crippen MR) is 357 cm³/mol. The summed E-state index contributed by atoms with van der Waals surface area (Å²) in [5, 5.41) is 37.9. The molecule has 10 heteroatoms. The van der Waals surface area contributed by atoms with Crippen molar-refractivity contribution in [1.82, 2.24) is 0 Å². The normalized spacial score (nSPS) is 15.0. The van der Waals surface area contributed by atoms with Gasteiger partial charge in [-0.05, 0) is 147 Å². The second kappa shape index (κ2) is 44.5. The number of hydrogen-bond donors (Lipinski definition) is 4. The van der Waals surface area contributed by atoms with Crippen LogP contribution in [0.25, 0.3) is 0 Å². The molecule has 3 rings (SSSR count). The van der Waals surface area contributed by atoms with Gasteiger partial charge in [-0.1, -0.05) is 201 Å². The number of unbranched alkanes of at least 4 members (excludes halogenated alkanes) is 8. The number of phenols is 2. The third-order valence-electron chi connectivity index (χ3n) is 18.3. The van der Waals surface area contributed by atoms with Crippen LogP contribution in [0.15, 0.2) is 34.3 Å². The van der Waals surface area contributed by atoms with Crippen molar-refractivity contribution in [2.75, 3.05) is 52.4 Å². The summed E-state index contributed by atoms with van der Waals surface area (Å²) in [6.45, 7) is 43.2. The predicted octanol–water partition coefficient (Wildman–Crippen LogP) is 21.0. The molecular formula is C72H135CoN4O5+. The monoisotopic (exact) mass is 1190 g/mol. The summed E-state index contributed by atoms with van der Waals surface area (Å²) in [7, 11) is 0. The first-order valence-corrected chi connectivity index (χ1v) is 32.7. The Kier molecular flexibility index (Phi) is 45.2. The smallest absolute Gasteiger partial charge is 0.503 e. The summed E-state index contributed by atoms with van der Waals surface area (Å²) in [5.74, 6) is 1.17. The van der Waals surface area contributed by atoms with Crippen molar-refractivity contribution in [3.63, 3.8) is 0 Å². The molecule has 2 atom stereocenters. The van der Waals surface area contributed by atoms with Crippen LogP contribution in [0.5, 0.6) is 11.5 Å². The molecule has 481 valence electrons. The number of carboxylic acid groups (broad SMARTS) is 2. The second-order valence-electron chi connectivity index (χ2n) is 25.7. The average Bonchev–Trinajstić information content (AvgIpc) is 3.42. The van der Waals surface area contributed by atoms with E-state index in [4.69, 9.17) is 25.0 Å². The van der Waals surface area contributed by atoms with Gasteiger partial charge in [0.15, 0.2) is 0 Å². The Morgan fingerprint density at radius 2 is 0.744 bits per heavy atom.